The van der Waals surface area contributed by atoms with E-state index in [1.165, 1.54) is 16.0 Å². The van der Waals surface area contributed by atoms with Crippen LogP contribution in [0.15, 0.2) is 66.0 Å². The Morgan fingerprint density at radius 3 is 2.38 bits per heavy atom. The zero-order valence-corrected chi connectivity index (χ0v) is 15.0. The number of amides is 1. The third kappa shape index (κ3) is 3.12. The zero-order chi connectivity index (χ0) is 18.1. The molecule has 5 nitrogen and oxygen atoms in total. The van der Waals surface area contributed by atoms with Crippen LogP contribution in [-0.2, 0) is 0 Å². The summed E-state index contributed by atoms with van der Waals surface area (Å²) >= 11 is 7.32. The van der Waals surface area contributed by atoms with E-state index in [1.807, 2.05) is 60.0 Å². The molecule has 0 radical (unpaired) electrons. The number of hydrogen-bond donors (Lipinski definition) is 1. The van der Waals surface area contributed by atoms with Gasteiger partial charge in [0.1, 0.15) is 5.69 Å². The van der Waals surface area contributed by atoms with Crippen molar-refractivity contribution in [2.24, 2.45) is 5.73 Å². The fourth-order valence-electron chi connectivity index (χ4n) is 2.57. The number of nitrogens with zero attached hydrogens (tertiary/aromatic N) is 3. The van der Waals surface area contributed by atoms with Crippen LogP contribution in [0, 0.1) is 0 Å². The van der Waals surface area contributed by atoms with Gasteiger partial charge in [-0.2, -0.15) is 9.78 Å². The van der Waals surface area contributed by atoms with Crippen molar-refractivity contribution in [1.29, 1.82) is 0 Å². The molecule has 0 saturated heterocycles. The van der Waals surface area contributed by atoms with Gasteiger partial charge in [-0.25, -0.2) is 4.98 Å². The third-order valence-electron chi connectivity index (χ3n) is 3.84. The van der Waals surface area contributed by atoms with Gasteiger partial charge in [0.2, 0.25) is 5.13 Å². The van der Waals surface area contributed by atoms with Crippen LogP contribution < -0.4 is 5.73 Å². The topological polar surface area (TPSA) is 73.8 Å². The van der Waals surface area contributed by atoms with Crippen molar-refractivity contribution in [3.05, 3.63) is 76.8 Å². The number of carbonyl (C=O) groups excluding carboxylic acids is 1. The first-order chi connectivity index (χ1) is 12.6. The summed E-state index contributed by atoms with van der Waals surface area (Å²) in [4.78, 5) is 16.5. The molecule has 0 aliphatic carbocycles. The summed E-state index contributed by atoms with van der Waals surface area (Å²) in [6.07, 6.45) is 0. The third-order valence-corrected chi connectivity index (χ3v) is 4.91. The number of carbonyl (C=O) groups is 1. The molecule has 4 aromatic rings. The molecule has 0 unspecified atom stereocenters. The van der Waals surface area contributed by atoms with E-state index in [9.17, 15) is 4.79 Å². The molecule has 0 fully saturated rings. The molecule has 0 bridgehead atoms. The largest absolute Gasteiger partial charge is 0.364 e. The van der Waals surface area contributed by atoms with Gasteiger partial charge in [0.15, 0.2) is 0 Å². The maximum absolute atomic E-state index is 11.9. The van der Waals surface area contributed by atoms with E-state index < -0.39 is 5.91 Å². The van der Waals surface area contributed by atoms with E-state index in [0.717, 1.165) is 16.8 Å². The summed E-state index contributed by atoms with van der Waals surface area (Å²) in [5.41, 5.74) is 9.13. The van der Waals surface area contributed by atoms with E-state index in [1.54, 1.807) is 6.07 Å². The van der Waals surface area contributed by atoms with Gasteiger partial charge < -0.3 is 5.73 Å². The molecular formula is C19H13ClN4OS. The molecule has 0 atom stereocenters. The van der Waals surface area contributed by atoms with Gasteiger partial charge >= 0.3 is 0 Å². The first-order valence-corrected chi connectivity index (χ1v) is 9.05. The van der Waals surface area contributed by atoms with Gasteiger partial charge in [-0.1, -0.05) is 54.1 Å². The summed E-state index contributed by atoms with van der Waals surface area (Å²) in [6, 6.07) is 18.7. The van der Waals surface area contributed by atoms with Gasteiger partial charge in [0.25, 0.3) is 5.91 Å². The number of primary amides is 1. The highest BCUT2D eigenvalue weighted by Crippen LogP contribution is 2.27. The summed E-state index contributed by atoms with van der Waals surface area (Å²) < 4.78 is 1.49. The molecular weight excluding hydrogens is 368 g/mol. The van der Waals surface area contributed by atoms with Crippen LogP contribution in [0.25, 0.3) is 27.6 Å². The monoisotopic (exact) mass is 380 g/mol. The fraction of sp³-hybridized carbons (Fsp3) is 0. The Morgan fingerprint density at radius 2 is 1.69 bits per heavy atom. The van der Waals surface area contributed by atoms with Crippen molar-refractivity contribution in [3.63, 3.8) is 0 Å². The molecule has 0 saturated carbocycles. The van der Waals surface area contributed by atoms with Crippen molar-refractivity contribution < 1.29 is 4.79 Å². The Balaban J connectivity index is 1.77. The average Bonchev–Trinajstić information content (AvgIpc) is 3.30. The first-order valence-electron chi connectivity index (χ1n) is 7.79. The molecule has 2 aromatic carbocycles. The highest BCUT2D eigenvalue weighted by Gasteiger charge is 2.18. The fourth-order valence-corrected chi connectivity index (χ4v) is 3.49. The standard InChI is InChI=1S/C19H13ClN4OS/c20-14-8-6-13(7-9-14)16-11-26-19(22-16)24-17(18(21)25)10-15(23-24)12-4-2-1-3-5-12/h1-11H,(H2,21,25). The van der Waals surface area contributed by atoms with Crippen molar-refractivity contribution in [2.75, 3.05) is 0 Å². The highest BCUT2D eigenvalue weighted by atomic mass is 35.5. The molecule has 4 rings (SSSR count). The lowest BCUT2D eigenvalue weighted by Gasteiger charge is -2.00. The van der Waals surface area contributed by atoms with Crippen molar-refractivity contribution in [3.8, 4) is 27.6 Å². The molecule has 2 N–H and O–H groups in total. The Hall–Kier alpha value is -2.96. The maximum atomic E-state index is 11.9. The Morgan fingerprint density at radius 1 is 1.00 bits per heavy atom. The number of nitrogens with two attached hydrogens (primary N) is 1. The van der Waals surface area contributed by atoms with Crippen molar-refractivity contribution >= 4 is 28.8 Å². The van der Waals surface area contributed by atoms with Crippen LogP contribution >= 0.6 is 22.9 Å². The second-order valence-electron chi connectivity index (χ2n) is 5.58. The summed E-state index contributed by atoms with van der Waals surface area (Å²) in [5, 5.41) is 7.69. The van der Waals surface area contributed by atoms with E-state index in [-0.39, 0.29) is 0 Å². The van der Waals surface area contributed by atoms with Crippen LogP contribution in [0.2, 0.25) is 5.02 Å². The van der Waals surface area contributed by atoms with Crippen molar-refractivity contribution in [2.45, 2.75) is 0 Å². The van der Waals surface area contributed by atoms with Crippen LogP contribution in [0.1, 0.15) is 10.5 Å². The Kier molecular flexibility index (Phi) is 4.28. The Bertz CT molecular complexity index is 1070. The van der Waals surface area contributed by atoms with Gasteiger partial charge in [0.05, 0.1) is 11.4 Å². The lowest BCUT2D eigenvalue weighted by molar-refractivity contribution is 0.0993. The van der Waals surface area contributed by atoms with Crippen molar-refractivity contribution in [1.82, 2.24) is 14.8 Å². The minimum atomic E-state index is -0.553. The maximum Gasteiger partial charge on any atom is 0.267 e. The predicted molar refractivity (Wildman–Crippen MR) is 104 cm³/mol. The molecule has 1 amide bonds. The summed E-state index contributed by atoms with van der Waals surface area (Å²) in [5.74, 6) is -0.553. The Labute approximate surface area is 158 Å². The zero-order valence-electron chi connectivity index (χ0n) is 13.5. The summed E-state index contributed by atoms with van der Waals surface area (Å²) in [7, 11) is 0. The lowest BCUT2D eigenvalue weighted by Crippen LogP contribution is -2.16. The number of aromatic nitrogens is 3. The number of rotatable bonds is 4. The van der Waals surface area contributed by atoms with E-state index in [4.69, 9.17) is 17.3 Å². The average molecular weight is 381 g/mol. The van der Waals surface area contributed by atoms with E-state index in [2.05, 4.69) is 10.1 Å². The second kappa shape index (κ2) is 6.74. The summed E-state index contributed by atoms with van der Waals surface area (Å²) in [6.45, 7) is 0. The highest BCUT2D eigenvalue weighted by molar-refractivity contribution is 7.12. The van der Waals surface area contributed by atoms with Crippen LogP contribution in [0.3, 0.4) is 0 Å². The van der Waals surface area contributed by atoms with Gasteiger partial charge in [-0.3, -0.25) is 4.79 Å². The number of benzene rings is 2. The molecule has 0 aliphatic heterocycles. The first kappa shape index (κ1) is 16.5. The minimum Gasteiger partial charge on any atom is -0.364 e. The van der Waals surface area contributed by atoms with Gasteiger partial charge in [-0.15, -0.1) is 11.3 Å². The second-order valence-corrected chi connectivity index (χ2v) is 6.85. The quantitative estimate of drug-likeness (QED) is 0.569. The van der Waals surface area contributed by atoms with Crippen LogP contribution in [0.5, 0.6) is 0 Å². The lowest BCUT2D eigenvalue weighted by atomic mass is 10.1. The number of hydrogen-bond acceptors (Lipinski definition) is 4. The molecule has 2 aromatic heterocycles. The molecule has 0 aliphatic rings. The molecule has 26 heavy (non-hydrogen) atoms. The molecule has 0 spiro atoms. The van der Waals surface area contributed by atoms with Gasteiger partial charge in [-0.05, 0) is 18.2 Å². The number of thiazole rings is 1. The molecule has 2 heterocycles. The molecule has 7 heteroatoms. The smallest absolute Gasteiger partial charge is 0.267 e. The SMILES string of the molecule is NC(=O)c1cc(-c2ccccc2)nn1-c1nc(-c2ccc(Cl)cc2)cs1. The van der Waals surface area contributed by atoms with E-state index >= 15 is 0 Å². The minimum absolute atomic E-state index is 0.292. The van der Waals surface area contributed by atoms with Gasteiger partial charge in [0, 0.05) is 21.5 Å². The number of halogens is 1. The van der Waals surface area contributed by atoms with Crippen LogP contribution in [0.4, 0.5) is 0 Å². The molecule has 128 valence electrons. The predicted octanol–water partition coefficient (Wildman–Crippen LogP) is 4.42. The normalized spacial score (nSPS) is 10.8. The van der Waals surface area contributed by atoms with E-state index in [0.29, 0.717) is 21.5 Å². The van der Waals surface area contributed by atoms with Crippen LogP contribution in [-0.4, -0.2) is 20.7 Å².